The molecule has 0 bridgehead atoms. The van der Waals surface area contributed by atoms with Gasteiger partial charge in [0.1, 0.15) is 23.1 Å². The second-order valence-electron chi connectivity index (χ2n) is 6.94. The number of para-hydroxylation sites is 1. The van der Waals surface area contributed by atoms with Gasteiger partial charge in [0.05, 0.1) is 18.8 Å². The number of likely N-dealkylation sites (N-methyl/N-ethyl adjacent to an activating group) is 1. The first kappa shape index (κ1) is 23.4. The molecule has 0 radical (unpaired) electrons. The van der Waals surface area contributed by atoms with Crippen LogP contribution in [0, 0.1) is 18.6 Å². The highest BCUT2D eigenvalue weighted by atomic mass is 32.2. The monoisotopic (exact) mass is 459 g/mol. The van der Waals surface area contributed by atoms with E-state index in [1.165, 1.54) is 22.7 Å². The van der Waals surface area contributed by atoms with E-state index in [0.717, 1.165) is 23.5 Å². The molecule has 3 aromatic rings. The van der Waals surface area contributed by atoms with E-state index < -0.39 is 23.2 Å². The summed E-state index contributed by atoms with van der Waals surface area (Å²) in [6.07, 6.45) is 0. The predicted octanol–water partition coefficient (Wildman–Crippen LogP) is 3.49. The normalized spacial score (nSPS) is 10.8. The van der Waals surface area contributed by atoms with Crippen molar-refractivity contribution in [2.24, 2.45) is 0 Å². The molecule has 1 heterocycles. The minimum Gasteiger partial charge on any atom is -0.333 e. The maximum absolute atomic E-state index is 13.7. The van der Waals surface area contributed by atoms with Crippen molar-refractivity contribution in [1.82, 2.24) is 19.7 Å². The van der Waals surface area contributed by atoms with Gasteiger partial charge >= 0.3 is 0 Å². The predicted molar refractivity (Wildman–Crippen MR) is 118 cm³/mol. The second-order valence-corrected chi connectivity index (χ2v) is 7.89. The van der Waals surface area contributed by atoms with Gasteiger partial charge in [0.15, 0.2) is 5.16 Å². The fourth-order valence-corrected chi connectivity index (χ4v) is 3.87. The van der Waals surface area contributed by atoms with Crippen LogP contribution >= 0.6 is 11.8 Å². The van der Waals surface area contributed by atoms with Crippen molar-refractivity contribution in [3.05, 3.63) is 71.6 Å². The molecule has 168 valence electrons. The molecule has 2 aromatic carbocycles. The number of thioether (sulfide) groups is 1. The van der Waals surface area contributed by atoms with Crippen LogP contribution in [0.15, 0.2) is 53.7 Å². The smallest absolute Gasteiger partial charge is 0.244 e. The minimum absolute atomic E-state index is 0.0438. The molecule has 0 saturated heterocycles. The average molecular weight is 460 g/mol. The molecule has 10 heteroatoms. The van der Waals surface area contributed by atoms with E-state index in [1.54, 1.807) is 6.92 Å². The number of nitrogens with zero attached hydrogens (tertiary/aromatic N) is 4. The van der Waals surface area contributed by atoms with Crippen LogP contribution in [0.4, 0.5) is 14.5 Å². The zero-order valence-corrected chi connectivity index (χ0v) is 18.5. The third-order valence-electron chi connectivity index (χ3n) is 4.71. The average Bonchev–Trinajstić information content (AvgIpc) is 3.13. The van der Waals surface area contributed by atoms with Crippen LogP contribution in [-0.2, 0) is 16.1 Å². The summed E-state index contributed by atoms with van der Waals surface area (Å²) in [5, 5.41) is 11.0. The van der Waals surface area contributed by atoms with Crippen LogP contribution in [0.5, 0.6) is 0 Å². The third-order valence-corrected chi connectivity index (χ3v) is 5.66. The molecular weight excluding hydrogens is 436 g/mol. The number of benzene rings is 2. The zero-order chi connectivity index (χ0) is 23.1. The van der Waals surface area contributed by atoms with Crippen molar-refractivity contribution in [3.8, 4) is 0 Å². The molecule has 0 aliphatic rings. The lowest BCUT2D eigenvalue weighted by Gasteiger charge is -2.20. The van der Waals surface area contributed by atoms with Gasteiger partial charge < -0.3 is 14.8 Å². The lowest BCUT2D eigenvalue weighted by molar-refractivity contribution is -0.132. The Balaban J connectivity index is 1.59. The molecule has 1 N–H and O–H groups in total. The number of aromatic nitrogens is 3. The summed E-state index contributed by atoms with van der Waals surface area (Å²) in [6.45, 7) is 4.08. The van der Waals surface area contributed by atoms with Gasteiger partial charge in [-0.05, 0) is 31.5 Å². The molecule has 32 heavy (non-hydrogen) atoms. The third kappa shape index (κ3) is 5.91. The Kier molecular flexibility index (Phi) is 7.93. The number of aryl methyl sites for hydroxylation is 1. The number of anilines is 1. The van der Waals surface area contributed by atoms with Crippen molar-refractivity contribution in [1.29, 1.82) is 0 Å². The number of carbonyl (C=O) groups is 2. The van der Waals surface area contributed by atoms with Gasteiger partial charge in [-0.3, -0.25) is 9.59 Å². The Hall–Kier alpha value is -3.27. The standard InChI is InChI=1S/C22H23F2N5O2S/c1-3-28(13-19(30)25-21-17(23)10-7-11-18(21)24)20(31)14-32-22-27-26-15(2)29(22)12-16-8-5-4-6-9-16/h4-11H,3,12-14H2,1-2H3,(H,25,30). The summed E-state index contributed by atoms with van der Waals surface area (Å²) < 4.78 is 29.4. The maximum atomic E-state index is 13.7. The molecule has 0 spiro atoms. The first-order valence-electron chi connectivity index (χ1n) is 9.97. The number of amides is 2. The Morgan fingerprint density at radius 1 is 1.06 bits per heavy atom. The largest absolute Gasteiger partial charge is 0.333 e. The lowest BCUT2D eigenvalue weighted by atomic mass is 10.2. The highest BCUT2D eigenvalue weighted by molar-refractivity contribution is 7.99. The summed E-state index contributed by atoms with van der Waals surface area (Å²) in [4.78, 5) is 26.2. The molecule has 3 rings (SSSR count). The van der Waals surface area contributed by atoms with Crippen LogP contribution in [0.2, 0.25) is 0 Å². The van der Waals surface area contributed by atoms with Crippen molar-refractivity contribution in [2.45, 2.75) is 25.5 Å². The SMILES string of the molecule is CCN(CC(=O)Nc1c(F)cccc1F)C(=O)CSc1nnc(C)n1Cc1ccccc1. The summed E-state index contributed by atoms with van der Waals surface area (Å²) in [6, 6.07) is 13.1. The van der Waals surface area contributed by atoms with E-state index >= 15 is 0 Å². The Morgan fingerprint density at radius 2 is 1.75 bits per heavy atom. The summed E-state index contributed by atoms with van der Waals surface area (Å²) in [5.74, 6) is -1.97. The van der Waals surface area contributed by atoms with Crippen LogP contribution in [0.1, 0.15) is 18.3 Å². The van der Waals surface area contributed by atoms with E-state index in [0.29, 0.717) is 11.7 Å². The van der Waals surface area contributed by atoms with E-state index in [9.17, 15) is 18.4 Å². The van der Waals surface area contributed by atoms with E-state index in [1.807, 2.05) is 41.8 Å². The molecule has 0 aliphatic carbocycles. The lowest BCUT2D eigenvalue weighted by Crippen LogP contribution is -2.39. The first-order valence-corrected chi connectivity index (χ1v) is 11.0. The molecule has 0 atom stereocenters. The molecule has 7 nitrogen and oxygen atoms in total. The van der Waals surface area contributed by atoms with E-state index in [4.69, 9.17) is 0 Å². The van der Waals surface area contributed by atoms with Crippen molar-refractivity contribution < 1.29 is 18.4 Å². The first-order chi connectivity index (χ1) is 15.4. The topological polar surface area (TPSA) is 80.1 Å². The van der Waals surface area contributed by atoms with Gasteiger partial charge in [-0.2, -0.15) is 0 Å². The minimum atomic E-state index is -0.878. The fraction of sp³-hybridized carbons (Fsp3) is 0.273. The summed E-state index contributed by atoms with van der Waals surface area (Å²) in [5.41, 5.74) is 0.552. The van der Waals surface area contributed by atoms with Crippen molar-refractivity contribution in [3.63, 3.8) is 0 Å². The summed E-state index contributed by atoms with van der Waals surface area (Å²) >= 11 is 1.22. The van der Waals surface area contributed by atoms with E-state index in [-0.39, 0.29) is 24.7 Å². The molecular formula is C22H23F2N5O2S. The Morgan fingerprint density at radius 3 is 2.41 bits per heavy atom. The Labute approximate surface area is 188 Å². The van der Waals surface area contributed by atoms with Gasteiger partial charge in [0.2, 0.25) is 11.8 Å². The van der Waals surface area contributed by atoms with Crippen molar-refractivity contribution in [2.75, 3.05) is 24.2 Å². The number of carbonyl (C=O) groups excluding carboxylic acids is 2. The molecule has 1 aromatic heterocycles. The van der Waals surface area contributed by atoms with Crippen LogP contribution in [-0.4, -0.2) is 50.3 Å². The zero-order valence-electron chi connectivity index (χ0n) is 17.7. The maximum Gasteiger partial charge on any atom is 0.244 e. The molecule has 0 fully saturated rings. The van der Waals surface area contributed by atoms with Gasteiger partial charge in [-0.15, -0.1) is 10.2 Å². The van der Waals surface area contributed by atoms with E-state index in [2.05, 4.69) is 15.5 Å². The van der Waals surface area contributed by atoms with Gasteiger partial charge in [0.25, 0.3) is 0 Å². The van der Waals surface area contributed by atoms with Crippen LogP contribution in [0.3, 0.4) is 0 Å². The van der Waals surface area contributed by atoms with Crippen LogP contribution in [0.25, 0.3) is 0 Å². The fourth-order valence-electron chi connectivity index (χ4n) is 2.98. The van der Waals surface area contributed by atoms with Gasteiger partial charge in [0, 0.05) is 6.54 Å². The summed E-state index contributed by atoms with van der Waals surface area (Å²) in [7, 11) is 0. The molecule has 0 aliphatic heterocycles. The second kappa shape index (κ2) is 10.9. The highest BCUT2D eigenvalue weighted by Gasteiger charge is 2.20. The quantitative estimate of drug-likeness (QED) is 0.496. The highest BCUT2D eigenvalue weighted by Crippen LogP contribution is 2.20. The molecule has 2 amide bonds. The van der Waals surface area contributed by atoms with Crippen molar-refractivity contribution >= 4 is 29.3 Å². The number of hydrogen-bond donors (Lipinski definition) is 1. The van der Waals surface area contributed by atoms with Crippen LogP contribution < -0.4 is 5.32 Å². The number of hydrogen-bond acceptors (Lipinski definition) is 5. The molecule has 0 saturated carbocycles. The van der Waals surface area contributed by atoms with Gasteiger partial charge in [-0.1, -0.05) is 48.2 Å². The Bertz CT molecular complexity index is 1070. The number of nitrogens with one attached hydrogen (secondary N) is 1. The number of halogens is 2. The van der Waals surface area contributed by atoms with Gasteiger partial charge in [-0.25, -0.2) is 8.78 Å². The molecule has 0 unspecified atom stereocenters. The number of rotatable bonds is 9.